The van der Waals surface area contributed by atoms with E-state index in [9.17, 15) is 19.2 Å². The molecule has 1 atom stereocenters. The van der Waals surface area contributed by atoms with E-state index in [1.807, 2.05) is 52.8 Å². The third kappa shape index (κ3) is 13.4. The Bertz CT molecular complexity index is 986. The first-order valence-corrected chi connectivity index (χ1v) is 14.6. The molecule has 1 aromatic carbocycles. The second kappa shape index (κ2) is 19.7. The molecule has 0 aromatic heterocycles. The number of hydrogen-bond acceptors (Lipinski definition) is 9. The summed E-state index contributed by atoms with van der Waals surface area (Å²) >= 11 is 3.03. The molecule has 1 saturated heterocycles. The van der Waals surface area contributed by atoms with Gasteiger partial charge in [0.1, 0.15) is 11.6 Å². The largest absolute Gasteiger partial charge is 0.460 e. The highest BCUT2D eigenvalue weighted by Gasteiger charge is 2.39. The Labute approximate surface area is 250 Å². The van der Waals surface area contributed by atoms with Crippen molar-refractivity contribution >= 4 is 43.3 Å². The maximum atomic E-state index is 12.8. The molecule has 0 saturated carbocycles. The van der Waals surface area contributed by atoms with Crippen LogP contribution in [-0.4, -0.2) is 87.0 Å². The number of imide groups is 1. The SMILES string of the molecule is CC.CC(C)(C)OC(=O)CCOCCOCCOCCCc1ccc2c(c1)CN(C1CCC(=O)NC1=O)C2=O.[B]S. The number of esters is 1. The van der Waals surface area contributed by atoms with E-state index >= 15 is 0 Å². The molecular formula is C29H45BN2O8S. The topological polar surface area (TPSA) is 120 Å². The first-order chi connectivity index (χ1) is 19.6. The number of thiol groups is 1. The van der Waals surface area contributed by atoms with Gasteiger partial charge in [0.2, 0.25) is 11.8 Å². The molecule has 0 aliphatic carbocycles. The standard InChI is InChI=1S/C27H38N2O8.C2H6.BHS/c1-27(2,3)37-24(31)10-12-35-14-16-36-15-13-34-11-4-5-19-6-7-21-20(17-19)18-29(26(21)33)22-8-9-23(30)28-25(22)32;2*1-2/h6-7,17,22H,4-5,8-16,18H2,1-3H3,(H,28,30,32);1-2H3;2H. The summed E-state index contributed by atoms with van der Waals surface area (Å²) in [6, 6.07) is 5.19. The smallest absolute Gasteiger partial charge is 0.308 e. The van der Waals surface area contributed by atoms with Crippen LogP contribution in [0, 0.1) is 0 Å². The monoisotopic (exact) mass is 592 g/mol. The van der Waals surface area contributed by atoms with E-state index in [0.717, 1.165) is 24.0 Å². The molecule has 1 unspecified atom stereocenters. The molecule has 1 aromatic rings. The molecule has 12 heteroatoms. The van der Waals surface area contributed by atoms with E-state index in [1.54, 1.807) is 4.90 Å². The number of aryl methyl sites for hydroxylation is 1. The average Bonchev–Trinajstić information content (AvgIpc) is 3.25. The van der Waals surface area contributed by atoms with Crippen LogP contribution in [0.4, 0.5) is 0 Å². The van der Waals surface area contributed by atoms with Gasteiger partial charge in [-0.15, -0.1) is 0 Å². The van der Waals surface area contributed by atoms with E-state index in [0.29, 0.717) is 58.2 Å². The Balaban J connectivity index is 0.00000201. The highest BCUT2D eigenvalue weighted by molar-refractivity contribution is 8.03. The fraction of sp³-hybridized carbons (Fsp3) is 0.655. The number of fused-ring (bicyclic) bond motifs is 1. The van der Waals surface area contributed by atoms with Gasteiger partial charge in [0.15, 0.2) is 7.12 Å². The zero-order valence-electron chi connectivity index (χ0n) is 25.0. The average molecular weight is 593 g/mol. The van der Waals surface area contributed by atoms with Gasteiger partial charge in [0, 0.05) is 25.1 Å². The maximum absolute atomic E-state index is 12.8. The Morgan fingerprint density at radius 1 is 1.00 bits per heavy atom. The molecule has 0 bridgehead atoms. The van der Waals surface area contributed by atoms with Crippen molar-refractivity contribution in [2.75, 3.05) is 39.6 Å². The molecule has 3 amide bonds. The van der Waals surface area contributed by atoms with Crippen molar-refractivity contribution < 1.29 is 38.1 Å². The van der Waals surface area contributed by atoms with Gasteiger partial charge in [0.25, 0.3) is 5.91 Å². The molecule has 0 spiro atoms. The zero-order valence-corrected chi connectivity index (χ0v) is 25.9. The molecule has 3 rings (SSSR count). The summed E-state index contributed by atoms with van der Waals surface area (Å²) in [7, 11) is 4.19. The molecule has 1 N–H and O–H groups in total. The Hall–Kier alpha value is -2.41. The number of rotatable bonds is 14. The molecule has 2 aliphatic heterocycles. The predicted octanol–water partition coefficient (Wildman–Crippen LogP) is 3.19. The molecule has 10 nitrogen and oxygen atoms in total. The fourth-order valence-corrected chi connectivity index (χ4v) is 4.25. The lowest BCUT2D eigenvalue weighted by Gasteiger charge is -2.29. The van der Waals surface area contributed by atoms with E-state index in [1.165, 1.54) is 0 Å². The van der Waals surface area contributed by atoms with Crippen LogP contribution in [0.3, 0.4) is 0 Å². The summed E-state index contributed by atoms with van der Waals surface area (Å²) in [5.41, 5.74) is 2.16. The summed E-state index contributed by atoms with van der Waals surface area (Å²) in [5, 5.41) is 2.32. The molecule has 228 valence electrons. The second-order valence-electron chi connectivity index (χ2n) is 10.2. The van der Waals surface area contributed by atoms with Crippen molar-refractivity contribution in [3.63, 3.8) is 0 Å². The highest BCUT2D eigenvalue weighted by Crippen LogP contribution is 2.28. The minimum atomic E-state index is -0.597. The van der Waals surface area contributed by atoms with E-state index in [2.05, 4.69) is 24.9 Å². The third-order valence-electron chi connectivity index (χ3n) is 5.96. The Morgan fingerprint density at radius 3 is 2.22 bits per heavy atom. The van der Waals surface area contributed by atoms with Crippen LogP contribution in [0.15, 0.2) is 18.2 Å². The number of carbonyl (C=O) groups is 4. The number of amides is 3. The van der Waals surface area contributed by atoms with Gasteiger partial charge in [-0.25, -0.2) is 12.5 Å². The highest BCUT2D eigenvalue weighted by atomic mass is 32.1. The number of nitrogens with one attached hydrogen (secondary N) is 1. The lowest BCUT2D eigenvalue weighted by molar-refractivity contribution is -0.156. The van der Waals surface area contributed by atoms with Gasteiger partial charge >= 0.3 is 5.97 Å². The number of benzene rings is 1. The fourth-order valence-electron chi connectivity index (χ4n) is 4.25. The van der Waals surface area contributed by atoms with Crippen molar-refractivity contribution in [2.45, 2.75) is 84.9 Å². The van der Waals surface area contributed by atoms with Gasteiger partial charge in [0.05, 0.1) is 39.5 Å². The zero-order chi connectivity index (χ0) is 30.8. The number of hydrogen-bond donors (Lipinski definition) is 2. The predicted molar refractivity (Wildman–Crippen MR) is 160 cm³/mol. The van der Waals surface area contributed by atoms with Crippen molar-refractivity contribution in [3.8, 4) is 0 Å². The van der Waals surface area contributed by atoms with Crippen molar-refractivity contribution in [3.05, 3.63) is 34.9 Å². The van der Waals surface area contributed by atoms with Crippen LogP contribution in [0.2, 0.25) is 0 Å². The Morgan fingerprint density at radius 2 is 1.61 bits per heavy atom. The summed E-state index contributed by atoms with van der Waals surface area (Å²) in [5.74, 6) is -1.12. The van der Waals surface area contributed by atoms with Gasteiger partial charge in [-0.2, -0.15) is 0 Å². The van der Waals surface area contributed by atoms with Gasteiger partial charge in [-0.3, -0.25) is 24.5 Å². The molecule has 2 aliphatic rings. The third-order valence-corrected chi connectivity index (χ3v) is 5.96. The van der Waals surface area contributed by atoms with E-state index in [4.69, 9.17) is 18.9 Å². The maximum Gasteiger partial charge on any atom is 0.308 e. The van der Waals surface area contributed by atoms with Crippen LogP contribution in [0.5, 0.6) is 0 Å². The van der Waals surface area contributed by atoms with Gasteiger partial charge < -0.3 is 23.8 Å². The van der Waals surface area contributed by atoms with Crippen LogP contribution < -0.4 is 5.32 Å². The molecule has 1 fully saturated rings. The van der Waals surface area contributed by atoms with Crippen LogP contribution in [0.25, 0.3) is 0 Å². The second-order valence-corrected chi connectivity index (χ2v) is 10.2. The summed E-state index contributed by atoms with van der Waals surface area (Å²) in [6.45, 7) is 12.6. The van der Waals surface area contributed by atoms with Crippen molar-refractivity contribution in [2.24, 2.45) is 0 Å². The summed E-state index contributed by atoms with van der Waals surface area (Å²) in [4.78, 5) is 49.5. The number of carbonyl (C=O) groups excluding carboxylic acids is 4. The summed E-state index contributed by atoms with van der Waals surface area (Å²) < 4.78 is 21.7. The van der Waals surface area contributed by atoms with Gasteiger partial charge in [-0.05, 0) is 57.2 Å². The minimum Gasteiger partial charge on any atom is -0.460 e. The van der Waals surface area contributed by atoms with Crippen LogP contribution >= 0.6 is 12.5 Å². The lowest BCUT2D eigenvalue weighted by Crippen LogP contribution is -2.52. The quantitative estimate of drug-likeness (QED) is 0.111. The normalized spacial score (nSPS) is 16.2. The number of ether oxygens (including phenoxy) is 4. The van der Waals surface area contributed by atoms with Crippen LogP contribution in [-0.2, 0) is 46.3 Å². The van der Waals surface area contributed by atoms with E-state index < -0.39 is 17.6 Å². The van der Waals surface area contributed by atoms with Crippen molar-refractivity contribution in [1.82, 2.24) is 10.2 Å². The first-order valence-electron chi connectivity index (χ1n) is 14.1. The van der Waals surface area contributed by atoms with Gasteiger partial charge in [-0.1, -0.05) is 26.0 Å². The molecular weight excluding hydrogens is 547 g/mol. The first kappa shape index (κ1) is 36.6. The molecule has 41 heavy (non-hydrogen) atoms. The Kier molecular flexibility index (Phi) is 17.6. The number of nitrogens with zero attached hydrogens (tertiary/aromatic N) is 1. The van der Waals surface area contributed by atoms with E-state index in [-0.39, 0.29) is 30.6 Å². The molecule has 2 heterocycles. The number of piperidine rings is 1. The van der Waals surface area contributed by atoms with Crippen LogP contribution in [0.1, 0.15) is 81.8 Å². The minimum absolute atomic E-state index is 0.159. The summed E-state index contributed by atoms with van der Waals surface area (Å²) in [6.07, 6.45) is 2.47. The van der Waals surface area contributed by atoms with Crippen molar-refractivity contribution in [1.29, 1.82) is 0 Å². The molecule has 2 radical (unpaired) electrons. The lowest BCUT2D eigenvalue weighted by atomic mass is 10.0.